The molecule has 0 saturated carbocycles. The van der Waals surface area contributed by atoms with Gasteiger partial charge in [-0.25, -0.2) is 0 Å². The molecular formula is C22H16Cl3NO2S. The lowest BCUT2D eigenvalue weighted by atomic mass is 10.0. The Balaban J connectivity index is 1.85. The van der Waals surface area contributed by atoms with Crippen molar-refractivity contribution in [2.75, 3.05) is 7.11 Å². The van der Waals surface area contributed by atoms with Crippen LogP contribution in [0.25, 0.3) is 0 Å². The fourth-order valence-electron chi connectivity index (χ4n) is 3.23. The molecule has 0 bridgehead atoms. The Morgan fingerprint density at radius 1 is 1.03 bits per heavy atom. The topological polar surface area (TPSA) is 41.8 Å². The lowest BCUT2D eigenvalue weighted by Gasteiger charge is -2.18. The Bertz CT molecular complexity index is 1120. The van der Waals surface area contributed by atoms with Gasteiger partial charge in [0, 0.05) is 22.3 Å². The van der Waals surface area contributed by atoms with Crippen LogP contribution >= 0.6 is 46.6 Å². The number of halogens is 3. The van der Waals surface area contributed by atoms with E-state index >= 15 is 0 Å². The molecule has 7 heteroatoms. The lowest BCUT2D eigenvalue weighted by Crippen LogP contribution is -2.06. The SMILES string of the molecule is COc1cc(C2CC(c3ccc(Cl)cc3Cl)=Nc3cccc(Cl)c3S2)ccc1O. The van der Waals surface area contributed by atoms with Crippen LogP contribution in [-0.4, -0.2) is 17.9 Å². The molecule has 4 rings (SSSR count). The van der Waals surface area contributed by atoms with Crippen LogP contribution in [0.1, 0.15) is 22.8 Å². The molecule has 3 nitrogen and oxygen atoms in total. The summed E-state index contributed by atoms with van der Waals surface area (Å²) in [4.78, 5) is 5.81. The molecule has 29 heavy (non-hydrogen) atoms. The van der Waals surface area contributed by atoms with Gasteiger partial charge in [0.1, 0.15) is 0 Å². The van der Waals surface area contributed by atoms with Crippen molar-refractivity contribution < 1.29 is 9.84 Å². The van der Waals surface area contributed by atoms with Crippen molar-refractivity contribution in [3.05, 3.63) is 80.8 Å². The number of hydrogen-bond donors (Lipinski definition) is 1. The van der Waals surface area contributed by atoms with Crippen molar-refractivity contribution in [3.8, 4) is 11.5 Å². The minimum Gasteiger partial charge on any atom is -0.504 e. The van der Waals surface area contributed by atoms with Gasteiger partial charge >= 0.3 is 0 Å². The van der Waals surface area contributed by atoms with Crippen LogP contribution in [-0.2, 0) is 0 Å². The maximum atomic E-state index is 9.98. The quantitative estimate of drug-likeness (QED) is 0.431. The van der Waals surface area contributed by atoms with E-state index in [2.05, 4.69) is 0 Å². The number of hydrogen-bond acceptors (Lipinski definition) is 4. The third-order valence-corrected chi connectivity index (χ3v) is 7.02. The van der Waals surface area contributed by atoms with Gasteiger partial charge in [-0.15, -0.1) is 11.8 Å². The van der Waals surface area contributed by atoms with E-state index in [0.717, 1.165) is 27.4 Å². The number of methoxy groups -OCH3 is 1. The van der Waals surface area contributed by atoms with E-state index in [1.165, 1.54) is 7.11 Å². The van der Waals surface area contributed by atoms with E-state index in [0.29, 0.717) is 27.2 Å². The first-order valence-electron chi connectivity index (χ1n) is 8.81. The third-order valence-electron chi connectivity index (χ3n) is 4.66. The highest BCUT2D eigenvalue weighted by atomic mass is 35.5. The van der Waals surface area contributed by atoms with Crippen LogP contribution in [0.4, 0.5) is 5.69 Å². The van der Waals surface area contributed by atoms with E-state index in [1.807, 2.05) is 36.4 Å². The molecule has 148 valence electrons. The highest BCUT2D eigenvalue weighted by molar-refractivity contribution is 7.99. The summed E-state index contributed by atoms with van der Waals surface area (Å²) in [6.45, 7) is 0. The molecule has 0 aliphatic carbocycles. The van der Waals surface area contributed by atoms with Gasteiger partial charge in [-0.05, 0) is 42.0 Å². The number of ether oxygens (including phenoxy) is 1. The minimum absolute atomic E-state index is 0.00357. The van der Waals surface area contributed by atoms with Crippen LogP contribution in [0.5, 0.6) is 11.5 Å². The number of thioether (sulfide) groups is 1. The van der Waals surface area contributed by atoms with Crippen molar-refractivity contribution >= 4 is 58.0 Å². The van der Waals surface area contributed by atoms with E-state index in [-0.39, 0.29) is 11.0 Å². The molecule has 3 aromatic rings. The number of benzene rings is 3. The van der Waals surface area contributed by atoms with Gasteiger partial charge in [-0.1, -0.05) is 53.0 Å². The van der Waals surface area contributed by atoms with Crippen molar-refractivity contribution in [2.24, 2.45) is 4.99 Å². The van der Waals surface area contributed by atoms with Crippen molar-refractivity contribution in [1.82, 2.24) is 0 Å². The van der Waals surface area contributed by atoms with Crippen LogP contribution in [0.3, 0.4) is 0 Å². The zero-order valence-electron chi connectivity index (χ0n) is 15.3. The minimum atomic E-state index is -0.00357. The molecule has 3 aromatic carbocycles. The average Bonchev–Trinajstić information content (AvgIpc) is 2.89. The number of fused-ring (bicyclic) bond motifs is 1. The number of phenolic OH excluding ortho intramolecular Hbond substituents is 1. The number of nitrogens with zero attached hydrogens (tertiary/aromatic N) is 1. The molecule has 1 unspecified atom stereocenters. The summed E-state index contributed by atoms with van der Waals surface area (Å²) in [5.74, 6) is 0.526. The highest BCUT2D eigenvalue weighted by Crippen LogP contribution is 2.49. The molecule has 0 radical (unpaired) electrons. The predicted octanol–water partition coefficient (Wildman–Crippen LogP) is 7.72. The maximum absolute atomic E-state index is 9.98. The first-order chi connectivity index (χ1) is 14.0. The first kappa shape index (κ1) is 20.4. The van der Waals surface area contributed by atoms with E-state index < -0.39 is 0 Å². The van der Waals surface area contributed by atoms with E-state index in [4.69, 9.17) is 44.5 Å². The van der Waals surface area contributed by atoms with Gasteiger partial charge in [-0.2, -0.15) is 0 Å². The molecule has 0 fully saturated rings. The zero-order chi connectivity index (χ0) is 20.5. The van der Waals surface area contributed by atoms with Gasteiger partial charge < -0.3 is 9.84 Å². The summed E-state index contributed by atoms with van der Waals surface area (Å²) >= 11 is 20.7. The molecule has 1 atom stereocenters. The van der Waals surface area contributed by atoms with Crippen LogP contribution < -0.4 is 4.74 Å². The van der Waals surface area contributed by atoms with Crippen molar-refractivity contribution in [2.45, 2.75) is 16.6 Å². The number of rotatable bonds is 3. The number of aromatic hydroxyl groups is 1. The van der Waals surface area contributed by atoms with Gasteiger partial charge in [0.2, 0.25) is 0 Å². The second-order valence-corrected chi connectivity index (χ2v) is 8.98. The summed E-state index contributed by atoms with van der Waals surface area (Å²) in [6, 6.07) is 16.5. The molecule has 0 amide bonds. The molecule has 1 N–H and O–H groups in total. The maximum Gasteiger partial charge on any atom is 0.160 e. The molecule has 0 spiro atoms. The van der Waals surface area contributed by atoms with E-state index in [1.54, 1.807) is 30.0 Å². The molecular weight excluding hydrogens is 449 g/mol. The second kappa shape index (κ2) is 8.49. The van der Waals surface area contributed by atoms with Crippen LogP contribution in [0.2, 0.25) is 15.1 Å². The summed E-state index contributed by atoms with van der Waals surface area (Å²) < 4.78 is 5.29. The molecule has 1 aliphatic heterocycles. The number of phenols is 1. The predicted molar refractivity (Wildman–Crippen MR) is 122 cm³/mol. The summed E-state index contributed by atoms with van der Waals surface area (Å²) in [5, 5.41) is 11.7. The average molecular weight is 465 g/mol. The Morgan fingerprint density at radius 3 is 2.62 bits per heavy atom. The zero-order valence-corrected chi connectivity index (χ0v) is 18.4. The highest BCUT2D eigenvalue weighted by Gasteiger charge is 2.25. The largest absolute Gasteiger partial charge is 0.504 e. The van der Waals surface area contributed by atoms with Gasteiger partial charge in [0.15, 0.2) is 11.5 Å². The fourth-order valence-corrected chi connectivity index (χ4v) is 5.27. The summed E-state index contributed by atoms with van der Waals surface area (Å²) in [6.07, 6.45) is 0.616. The Labute approximate surface area is 188 Å². The fraction of sp³-hybridized carbons (Fsp3) is 0.136. The Hall–Kier alpha value is -1.85. The van der Waals surface area contributed by atoms with Crippen LogP contribution in [0.15, 0.2) is 64.5 Å². The molecule has 1 heterocycles. The Morgan fingerprint density at radius 2 is 1.86 bits per heavy atom. The smallest absolute Gasteiger partial charge is 0.160 e. The lowest BCUT2D eigenvalue weighted by molar-refractivity contribution is 0.373. The van der Waals surface area contributed by atoms with Crippen molar-refractivity contribution in [3.63, 3.8) is 0 Å². The monoisotopic (exact) mass is 463 g/mol. The number of aliphatic imine (C=N–C) groups is 1. The summed E-state index contributed by atoms with van der Waals surface area (Å²) in [7, 11) is 1.53. The van der Waals surface area contributed by atoms with Gasteiger partial charge in [-0.3, -0.25) is 4.99 Å². The molecule has 0 saturated heterocycles. The summed E-state index contributed by atoms with van der Waals surface area (Å²) in [5.41, 5.74) is 3.48. The normalized spacial score (nSPS) is 16.0. The van der Waals surface area contributed by atoms with Crippen LogP contribution in [0, 0.1) is 0 Å². The van der Waals surface area contributed by atoms with Crippen molar-refractivity contribution in [1.29, 1.82) is 0 Å². The first-order valence-corrected chi connectivity index (χ1v) is 10.8. The standard InChI is InChI=1S/C22H16Cl3NO2S/c1-28-20-9-12(5-8-19(20)27)21-11-18(14-7-6-13(23)10-16(14)25)26-17-4-2-3-15(24)22(17)29-21/h2-10,21,27H,11H2,1H3. The molecule has 0 aromatic heterocycles. The van der Waals surface area contributed by atoms with Gasteiger partial charge in [0.05, 0.1) is 33.4 Å². The third kappa shape index (κ3) is 4.22. The van der Waals surface area contributed by atoms with Gasteiger partial charge in [0.25, 0.3) is 0 Å². The Kier molecular flexibility index (Phi) is 5.98. The second-order valence-electron chi connectivity index (χ2n) is 6.51. The van der Waals surface area contributed by atoms with E-state index in [9.17, 15) is 5.11 Å². The molecule has 1 aliphatic rings.